The zero-order valence-electron chi connectivity index (χ0n) is 15.9. The summed E-state index contributed by atoms with van der Waals surface area (Å²) in [6.07, 6.45) is 4.15. The van der Waals surface area contributed by atoms with Crippen molar-refractivity contribution in [1.82, 2.24) is 4.90 Å². The SMILES string of the molecule is COC(=O)c1ccc(CN2C(=O)SC(=Cc3ccc(N4CCCC4)cc3)C2=O)o1. The average molecular weight is 412 g/mol. The van der Waals surface area contributed by atoms with Crippen LogP contribution >= 0.6 is 11.8 Å². The quantitative estimate of drug-likeness (QED) is 0.544. The molecular weight excluding hydrogens is 392 g/mol. The van der Waals surface area contributed by atoms with Crippen LogP contribution in [-0.2, 0) is 16.1 Å². The van der Waals surface area contributed by atoms with Gasteiger partial charge in [0.05, 0.1) is 18.6 Å². The summed E-state index contributed by atoms with van der Waals surface area (Å²) in [6.45, 7) is 2.11. The minimum absolute atomic E-state index is 0.0307. The number of nitrogens with zero attached hydrogens (tertiary/aromatic N) is 2. The molecule has 0 spiro atoms. The maximum absolute atomic E-state index is 12.7. The second-order valence-electron chi connectivity index (χ2n) is 6.81. The minimum Gasteiger partial charge on any atom is -0.463 e. The molecule has 0 aliphatic carbocycles. The third-order valence-electron chi connectivity index (χ3n) is 4.90. The van der Waals surface area contributed by atoms with Crippen molar-refractivity contribution in [3.8, 4) is 0 Å². The molecule has 1 aromatic carbocycles. The molecule has 7 nitrogen and oxygen atoms in total. The van der Waals surface area contributed by atoms with Gasteiger partial charge >= 0.3 is 5.97 Å². The van der Waals surface area contributed by atoms with Crippen LogP contribution in [0.5, 0.6) is 0 Å². The summed E-state index contributed by atoms with van der Waals surface area (Å²) in [4.78, 5) is 40.3. The molecule has 2 saturated heterocycles. The summed E-state index contributed by atoms with van der Waals surface area (Å²) in [5.74, 6) is -0.616. The van der Waals surface area contributed by atoms with Gasteiger partial charge in [-0.25, -0.2) is 4.79 Å². The monoisotopic (exact) mass is 412 g/mol. The van der Waals surface area contributed by atoms with Crippen LogP contribution in [0, 0.1) is 0 Å². The number of amides is 2. The molecule has 29 heavy (non-hydrogen) atoms. The van der Waals surface area contributed by atoms with E-state index >= 15 is 0 Å². The molecule has 1 aromatic heterocycles. The molecule has 4 rings (SSSR count). The highest BCUT2D eigenvalue weighted by Gasteiger charge is 2.35. The Kier molecular flexibility index (Phi) is 5.44. The summed E-state index contributed by atoms with van der Waals surface area (Å²) in [6, 6.07) is 11.0. The number of rotatable bonds is 5. The van der Waals surface area contributed by atoms with Crippen molar-refractivity contribution in [2.75, 3.05) is 25.1 Å². The number of hydrogen-bond acceptors (Lipinski definition) is 7. The topological polar surface area (TPSA) is 80.1 Å². The molecule has 0 radical (unpaired) electrons. The number of esters is 1. The van der Waals surface area contributed by atoms with Crippen LogP contribution in [0.2, 0.25) is 0 Å². The molecular formula is C21H20N2O5S. The van der Waals surface area contributed by atoms with Crippen molar-refractivity contribution >= 4 is 40.6 Å². The van der Waals surface area contributed by atoms with Crippen LogP contribution in [0.4, 0.5) is 10.5 Å². The summed E-state index contributed by atoms with van der Waals surface area (Å²) in [7, 11) is 1.25. The highest BCUT2D eigenvalue weighted by atomic mass is 32.2. The van der Waals surface area contributed by atoms with Gasteiger partial charge in [-0.3, -0.25) is 14.5 Å². The van der Waals surface area contributed by atoms with Crippen LogP contribution in [0.15, 0.2) is 45.7 Å². The molecule has 2 aliphatic rings. The van der Waals surface area contributed by atoms with E-state index in [-0.39, 0.29) is 23.5 Å². The number of methoxy groups -OCH3 is 1. The molecule has 0 bridgehead atoms. The van der Waals surface area contributed by atoms with E-state index < -0.39 is 5.97 Å². The van der Waals surface area contributed by atoms with Crippen molar-refractivity contribution < 1.29 is 23.5 Å². The molecule has 0 atom stereocenters. The van der Waals surface area contributed by atoms with Crippen molar-refractivity contribution in [2.24, 2.45) is 0 Å². The number of furan rings is 1. The van der Waals surface area contributed by atoms with Crippen LogP contribution in [0.1, 0.15) is 34.7 Å². The van der Waals surface area contributed by atoms with Gasteiger partial charge in [0.25, 0.3) is 11.1 Å². The molecule has 0 N–H and O–H groups in total. The van der Waals surface area contributed by atoms with E-state index in [0.717, 1.165) is 35.3 Å². The first kappa shape index (κ1) is 19.3. The lowest BCUT2D eigenvalue weighted by atomic mass is 10.2. The maximum Gasteiger partial charge on any atom is 0.373 e. The number of imide groups is 1. The number of carbonyl (C=O) groups is 3. The van der Waals surface area contributed by atoms with Crippen molar-refractivity contribution in [2.45, 2.75) is 19.4 Å². The Morgan fingerprint density at radius 2 is 1.86 bits per heavy atom. The number of hydrogen-bond donors (Lipinski definition) is 0. The van der Waals surface area contributed by atoms with Crippen molar-refractivity contribution in [1.29, 1.82) is 0 Å². The lowest BCUT2D eigenvalue weighted by Gasteiger charge is -2.17. The number of anilines is 1. The highest BCUT2D eigenvalue weighted by Crippen LogP contribution is 2.34. The molecule has 0 unspecified atom stereocenters. The van der Waals surface area contributed by atoms with Gasteiger partial charge in [0, 0.05) is 18.8 Å². The third-order valence-corrected chi connectivity index (χ3v) is 5.81. The van der Waals surface area contributed by atoms with E-state index in [4.69, 9.17) is 4.42 Å². The third kappa shape index (κ3) is 4.07. The fourth-order valence-corrected chi connectivity index (χ4v) is 4.21. The van der Waals surface area contributed by atoms with E-state index in [1.165, 1.54) is 31.7 Å². The normalized spacial score (nSPS) is 18.2. The first-order valence-corrected chi connectivity index (χ1v) is 10.1. The zero-order chi connectivity index (χ0) is 20.4. The zero-order valence-corrected chi connectivity index (χ0v) is 16.7. The Labute approximate surface area is 172 Å². The number of carbonyl (C=O) groups excluding carboxylic acids is 3. The van der Waals surface area contributed by atoms with Gasteiger partial charge in [-0.2, -0.15) is 0 Å². The smallest absolute Gasteiger partial charge is 0.373 e. The Balaban J connectivity index is 1.46. The summed E-state index contributed by atoms with van der Waals surface area (Å²) < 4.78 is 9.95. The van der Waals surface area contributed by atoms with E-state index in [1.807, 2.05) is 24.3 Å². The molecule has 8 heteroatoms. The van der Waals surface area contributed by atoms with Crippen LogP contribution in [-0.4, -0.2) is 42.2 Å². The fraction of sp³-hybridized carbons (Fsp3) is 0.286. The fourth-order valence-electron chi connectivity index (χ4n) is 3.37. The summed E-state index contributed by atoms with van der Waals surface area (Å²) in [5.41, 5.74) is 2.04. The van der Waals surface area contributed by atoms with Gasteiger partial charge in [0.2, 0.25) is 5.76 Å². The first-order chi connectivity index (χ1) is 14.0. The van der Waals surface area contributed by atoms with E-state index in [9.17, 15) is 14.4 Å². The minimum atomic E-state index is -0.609. The van der Waals surface area contributed by atoms with E-state index in [0.29, 0.717) is 10.7 Å². The Morgan fingerprint density at radius 3 is 2.55 bits per heavy atom. The average Bonchev–Trinajstić information content (AvgIpc) is 3.47. The molecule has 3 heterocycles. The van der Waals surface area contributed by atoms with Crippen molar-refractivity contribution in [3.05, 3.63) is 58.4 Å². The summed E-state index contributed by atoms with van der Waals surface area (Å²) >= 11 is 0.898. The second kappa shape index (κ2) is 8.16. The molecule has 2 fully saturated rings. The predicted molar refractivity (Wildman–Crippen MR) is 109 cm³/mol. The van der Waals surface area contributed by atoms with Gasteiger partial charge in [-0.05, 0) is 60.5 Å². The number of thioether (sulfide) groups is 1. The van der Waals surface area contributed by atoms with Gasteiger partial charge in [-0.15, -0.1) is 0 Å². The van der Waals surface area contributed by atoms with Gasteiger partial charge in [-0.1, -0.05) is 12.1 Å². The van der Waals surface area contributed by atoms with Crippen LogP contribution < -0.4 is 4.90 Å². The van der Waals surface area contributed by atoms with Gasteiger partial charge < -0.3 is 14.1 Å². The standard InChI is InChI=1S/C21H20N2O5S/c1-27-20(25)17-9-8-16(28-17)13-23-19(24)18(29-21(23)26)12-14-4-6-15(7-5-14)22-10-2-3-11-22/h4-9,12H,2-3,10-11,13H2,1H3. The van der Waals surface area contributed by atoms with Gasteiger partial charge in [0.15, 0.2) is 0 Å². The highest BCUT2D eigenvalue weighted by molar-refractivity contribution is 8.18. The first-order valence-electron chi connectivity index (χ1n) is 9.32. The molecule has 150 valence electrons. The summed E-state index contributed by atoms with van der Waals surface area (Å²) in [5, 5.41) is -0.369. The van der Waals surface area contributed by atoms with Crippen LogP contribution in [0.3, 0.4) is 0 Å². The Hall–Kier alpha value is -3.00. The predicted octanol–water partition coefficient (Wildman–Crippen LogP) is 3.90. The number of benzene rings is 1. The molecule has 2 aliphatic heterocycles. The lowest BCUT2D eigenvalue weighted by Crippen LogP contribution is -2.27. The van der Waals surface area contributed by atoms with Gasteiger partial charge in [0.1, 0.15) is 5.76 Å². The number of ether oxygens (including phenoxy) is 1. The van der Waals surface area contributed by atoms with E-state index in [1.54, 1.807) is 12.1 Å². The molecule has 2 amide bonds. The Bertz CT molecular complexity index is 973. The van der Waals surface area contributed by atoms with Crippen molar-refractivity contribution in [3.63, 3.8) is 0 Å². The Morgan fingerprint density at radius 1 is 1.14 bits per heavy atom. The molecule has 0 saturated carbocycles. The maximum atomic E-state index is 12.7. The van der Waals surface area contributed by atoms with Crippen LogP contribution in [0.25, 0.3) is 6.08 Å². The lowest BCUT2D eigenvalue weighted by molar-refractivity contribution is -0.123. The molecule has 2 aromatic rings. The van der Waals surface area contributed by atoms with E-state index in [2.05, 4.69) is 9.64 Å². The largest absolute Gasteiger partial charge is 0.463 e. The second-order valence-corrected chi connectivity index (χ2v) is 7.80.